The predicted octanol–water partition coefficient (Wildman–Crippen LogP) is 3.51. The number of nitrogens with one attached hydrogen (secondary N) is 1. The second kappa shape index (κ2) is 7.32. The van der Waals surface area contributed by atoms with Crippen molar-refractivity contribution in [3.05, 3.63) is 46.3 Å². The summed E-state index contributed by atoms with van der Waals surface area (Å²) in [4.78, 5) is 11.3. The summed E-state index contributed by atoms with van der Waals surface area (Å²) in [5.74, 6) is 0.868. The van der Waals surface area contributed by atoms with Gasteiger partial charge in [0.1, 0.15) is 16.7 Å². The molecule has 26 heavy (non-hydrogen) atoms. The van der Waals surface area contributed by atoms with Crippen LogP contribution in [0.25, 0.3) is 11.0 Å². The number of aryl methyl sites for hydroxylation is 2. The first-order valence-electron chi connectivity index (χ1n) is 8.98. The minimum Gasteiger partial charge on any atom is -0.366 e. The maximum Gasteiger partial charge on any atom is 0.164 e. The van der Waals surface area contributed by atoms with E-state index >= 15 is 0 Å². The van der Waals surface area contributed by atoms with Crippen molar-refractivity contribution in [2.24, 2.45) is 7.05 Å². The molecule has 0 aliphatic carbocycles. The smallest absolute Gasteiger partial charge is 0.164 e. The Kier molecular flexibility index (Phi) is 4.91. The fourth-order valence-corrected chi connectivity index (χ4v) is 4.25. The van der Waals surface area contributed by atoms with Crippen LogP contribution < -0.4 is 5.32 Å². The lowest BCUT2D eigenvalue weighted by atomic mass is 10.0. The number of aromatic nitrogens is 4. The van der Waals surface area contributed by atoms with Crippen molar-refractivity contribution in [2.45, 2.75) is 32.4 Å². The van der Waals surface area contributed by atoms with Gasteiger partial charge in [0.25, 0.3) is 0 Å². The van der Waals surface area contributed by atoms with Gasteiger partial charge in [-0.2, -0.15) is 5.10 Å². The van der Waals surface area contributed by atoms with Gasteiger partial charge in [-0.15, -0.1) is 0 Å². The van der Waals surface area contributed by atoms with Crippen molar-refractivity contribution < 1.29 is 0 Å². The summed E-state index contributed by atoms with van der Waals surface area (Å²) in [6.45, 7) is 5.36. The molecule has 0 atom stereocenters. The molecule has 0 spiro atoms. The highest BCUT2D eigenvalue weighted by molar-refractivity contribution is 9.10. The van der Waals surface area contributed by atoms with Crippen LogP contribution in [0, 0.1) is 6.92 Å². The topological polar surface area (TPSA) is 58.9 Å². The van der Waals surface area contributed by atoms with E-state index in [2.05, 4.69) is 72.4 Å². The molecule has 0 unspecified atom stereocenters. The minimum absolute atomic E-state index is 0.425. The zero-order chi connectivity index (χ0) is 18.1. The fourth-order valence-electron chi connectivity index (χ4n) is 3.65. The Morgan fingerprint density at radius 2 is 2.04 bits per heavy atom. The molecule has 1 aliphatic heterocycles. The number of rotatable bonds is 4. The zero-order valence-corrected chi connectivity index (χ0v) is 16.7. The maximum atomic E-state index is 4.45. The monoisotopic (exact) mass is 414 g/mol. The number of fused-ring (bicyclic) bond motifs is 1. The lowest BCUT2D eigenvalue weighted by Gasteiger charge is -2.32. The highest BCUT2D eigenvalue weighted by atomic mass is 79.9. The number of hydrogen-bond acceptors (Lipinski definition) is 5. The van der Waals surface area contributed by atoms with Gasteiger partial charge in [0.2, 0.25) is 0 Å². The van der Waals surface area contributed by atoms with Gasteiger partial charge in [-0.3, -0.25) is 4.90 Å². The highest BCUT2D eigenvalue weighted by Crippen LogP contribution is 2.28. The molecule has 0 saturated carbocycles. The molecule has 2 aromatic heterocycles. The van der Waals surface area contributed by atoms with Gasteiger partial charge in [-0.25, -0.2) is 14.6 Å². The summed E-state index contributed by atoms with van der Waals surface area (Å²) >= 11 is 3.53. The summed E-state index contributed by atoms with van der Waals surface area (Å²) in [6, 6.07) is 9.22. The molecule has 1 N–H and O–H groups in total. The normalized spacial score (nSPS) is 16.3. The summed E-state index contributed by atoms with van der Waals surface area (Å²) in [6.07, 6.45) is 3.82. The summed E-state index contributed by atoms with van der Waals surface area (Å²) in [5, 5.41) is 8.96. The number of anilines is 1. The fraction of sp³-hybridized carbons (Fsp3) is 0.421. The average molecular weight is 415 g/mol. The molecule has 136 valence electrons. The number of halogens is 1. The van der Waals surface area contributed by atoms with Gasteiger partial charge >= 0.3 is 0 Å². The van der Waals surface area contributed by atoms with E-state index in [-0.39, 0.29) is 0 Å². The largest absolute Gasteiger partial charge is 0.366 e. The lowest BCUT2D eigenvalue weighted by Crippen LogP contribution is -2.38. The highest BCUT2D eigenvalue weighted by Gasteiger charge is 2.21. The number of piperidine rings is 1. The third kappa shape index (κ3) is 3.59. The number of benzene rings is 1. The molecular formula is C19H23BrN6. The van der Waals surface area contributed by atoms with Crippen LogP contribution in [-0.2, 0) is 13.6 Å². The van der Waals surface area contributed by atoms with E-state index in [1.165, 1.54) is 11.1 Å². The van der Waals surface area contributed by atoms with E-state index in [1.54, 1.807) is 11.0 Å². The van der Waals surface area contributed by atoms with E-state index in [0.29, 0.717) is 6.04 Å². The van der Waals surface area contributed by atoms with Crippen LogP contribution in [0.2, 0.25) is 0 Å². The molecule has 1 fully saturated rings. The first kappa shape index (κ1) is 17.4. The number of nitrogens with zero attached hydrogens (tertiary/aromatic N) is 5. The van der Waals surface area contributed by atoms with Gasteiger partial charge in [0.05, 0.1) is 5.39 Å². The molecule has 1 aromatic carbocycles. The van der Waals surface area contributed by atoms with Gasteiger partial charge in [0, 0.05) is 32.7 Å². The van der Waals surface area contributed by atoms with E-state index in [4.69, 9.17) is 0 Å². The van der Waals surface area contributed by atoms with Crippen LogP contribution in [0.15, 0.2) is 35.2 Å². The van der Waals surface area contributed by atoms with E-state index in [1.807, 2.05) is 7.05 Å². The molecule has 0 bridgehead atoms. The third-order valence-electron chi connectivity index (χ3n) is 4.99. The number of likely N-dealkylation sites (tertiary alicyclic amines) is 1. The van der Waals surface area contributed by atoms with Crippen LogP contribution in [0.1, 0.15) is 24.0 Å². The predicted molar refractivity (Wildman–Crippen MR) is 107 cm³/mol. The van der Waals surface area contributed by atoms with Crippen LogP contribution in [-0.4, -0.2) is 43.8 Å². The molecule has 6 nitrogen and oxygen atoms in total. The Hall–Kier alpha value is -1.99. The van der Waals surface area contributed by atoms with Crippen LogP contribution in [0.5, 0.6) is 0 Å². The second-order valence-corrected chi connectivity index (χ2v) is 7.77. The molecule has 0 amide bonds. The molecular weight excluding hydrogens is 392 g/mol. The summed E-state index contributed by atoms with van der Waals surface area (Å²) in [5.41, 5.74) is 3.56. The molecule has 4 rings (SSSR count). The first-order chi connectivity index (χ1) is 12.6. The average Bonchev–Trinajstić information content (AvgIpc) is 2.92. The van der Waals surface area contributed by atoms with Crippen LogP contribution in [0.3, 0.4) is 0 Å². The third-order valence-corrected chi connectivity index (χ3v) is 5.55. The van der Waals surface area contributed by atoms with Gasteiger partial charge in [0.15, 0.2) is 5.65 Å². The number of hydrogen-bond donors (Lipinski definition) is 1. The SMILES string of the molecule is Cc1cccc(CN2CCC(Nc3ncnc4c3c(Br)nn4C)CC2)c1. The van der Waals surface area contributed by atoms with Crippen LogP contribution >= 0.6 is 15.9 Å². The Labute approximate surface area is 161 Å². The lowest BCUT2D eigenvalue weighted by molar-refractivity contribution is 0.211. The first-order valence-corrected chi connectivity index (χ1v) is 9.77. The molecule has 1 saturated heterocycles. The summed E-state index contributed by atoms with van der Waals surface area (Å²) in [7, 11) is 1.90. The molecule has 7 heteroatoms. The Balaban J connectivity index is 1.40. The Bertz CT molecular complexity index is 914. The van der Waals surface area contributed by atoms with Gasteiger partial charge < -0.3 is 5.32 Å². The molecule has 0 radical (unpaired) electrons. The minimum atomic E-state index is 0.425. The maximum absolute atomic E-state index is 4.45. The second-order valence-electron chi connectivity index (χ2n) is 7.02. The molecule has 1 aliphatic rings. The van der Waals surface area contributed by atoms with Crippen molar-refractivity contribution >= 4 is 32.8 Å². The van der Waals surface area contributed by atoms with Crippen molar-refractivity contribution in [1.82, 2.24) is 24.6 Å². The Morgan fingerprint density at radius 3 is 2.81 bits per heavy atom. The van der Waals surface area contributed by atoms with Crippen LogP contribution in [0.4, 0.5) is 5.82 Å². The quantitative estimate of drug-likeness (QED) is 0.707. The van der Waals surface area contributed by atoms with E-state index in [0.717, 1.165) is 53.9 Å². The zero-order valence-electron chi connectivity index (χ0n) is 15.1. The van der Waals surface area contributed by atoms with Crippen molar-refractivity contribution in [3.8, 4) is 0 Å². The van der Waals surface area contributed by atoms with Crippen molar-refractivity contribution in [3.63, 3.8) is 0 Å². The molecule has 3 aromatic rings. The van der Waals surface area contributed by atoms with Crippen molar-refractivity contribution in [2.75, 3.05) is 18.4 Å². The van der Waals surface area contributed by atoms with E-state index < -0.39 is 0 Å². The standard InChI is InChI=1S/C19H23BrN6/c1-13-4-3-5-14(10-13)11-26-8-6-15(7-9-26)23-18-16-17(20)24-25(2)19(16)22-12-21-18/h3-5,10,12,15H,6-9,11H2,1-2H3,(H,21,22,23). The van der Waals surface area contributed by atoms with E-state index in [9.17, 15) is 0 Å². The van der Waals surface area contributed by atoms with Gasteiger partial charge in [-0.1, -0.05) is 29.8 Å². The van der Waals surface area contributed by atoms with Gasteiger partial charge in [-0.05, 0) is 41.3 Å². The Morgan fingerprint density at radius 1 is 1.23 bits per heavy atom. The molecule has 3 heterocycles. The summed E-state index contributed by atoms with van der Waals surface area (Å²) < 4.78 is 2.56. The van der Waals surface area contributed by atoms with Crippen molar-refractivity contribution in [1.29, 1.82) is 0 Å².